The lowest BCUT2D eigenvalue weighted by molar-refractivity contribution is -0.166. The zero-order chi connectivity index (χ0) is 16.1. The molecule has 1 atom stereocenters. The second-order valence-corrected chi connectivity index (χ2v) is 7.98. The van der Waals surface area contributed by atoms with E-state index in [0.29, 0.717) is 0 Å². The van der Waals surface area contributed by atoms with E-state index in [0.717, 1.165) is 17.3 Å². The van der Waals surface area contributed by atoms with E-state index in [-0.39, 0.29) is 22.9 Å². The van der Waals surface area contributed by atoms with Gasteiger partial charge in [-0.3, -0.25) is 4.79 Å². The molecule has 0 aliphatic carbocycles. The summed E-state index contributed by atoms with van der Waals surface area (Å²) in [5.41, 5.74) is -0.971. The van der Waals surface area contributed by atoms with Gasteiger partial charge in [-0.05, 0) is 12.5 Å². The van der Waals surface area contributed by atoms with Crippen molar-refractivity contribution in [1.82, 2.24) is 0 Å². The lowest BCUT2D eigenvalue weighted by atomic mass is 10.0. The smallest absolute Gasteiger partial charge is 0.338 e. The van der Waals surface area contributed by atoms with Crippen LogP contribution in [0.3, 0.4) is 0 Å². The summed E-state index contributed by atoms with van der Waals surface area (Å²) < 4.78 is 4.82. The summed E-state index contributed by atoms with van der Waals surface area (Å²) in [4.78, 5) is 23.8. The molecular formula is C16H22O4S. The molecule has 0 bridgehead atoms. The van der Waals surface area contributed by atoms with E-state index in [9.17, 15) is 14.7 Å². The van der Waals surface area contributed by atoms with Crippen LogP contribution in [0.1, 0.15) is 39.7 Å². The topological polar surface area (TPSA) is 63.6 Å². The van der Waals surface area contributed by atoms with E-state index in [4.69, 9.17) is 4.74 Å². The SMILES string of the molecule is CC(C)(C)SC(=O)CC(C)(O)C(=O)OCc1ccccc1. The number of hydrogen-bond donors (Lipinski definition) is 1. The lowest BCUT2D eigenvalue weighted by Crippen LogP contribution is -2.39. The van der Waals surface area contributed by atoms with Gasteiger partial charge in [0.1, 0.15) is 6.61 Å². The molecule has 0 fully saturated rings. The standard InChI is InChI=1S/C16H22O4S/c1-15(2,3)21-13(17)10-16(4,19)14(18)20-11-12-8-6-5-7-9-12/h5-9,19H,10-11H2,1-4H3. The van der Waals surface area contributed by atoms with Gasteiger partial charge in [-0.1, -0.05) is 62.9 Å². The van der Waals surface area contributed by atoms with Gasteiger partial charge in [0.15, 0.2) is 10.7 Å². The number of hydrogen-bond acceptors (Lipinski definition) is 5. The molecule has 0 spiro atoms. The molecule has 0 aliphatic heterocycles. The van der Waals surface area contributed by atoms with Gasteiger partial charge in [-0.25, -0.2) is 4.79 Å². The second kappa shape index (κ2) is 7.09. The zero-order valence-electron chi connectivity index (χ0n) is 12.9. The number of esters is 1. The van der Waals surface area contributed by atoms with Crippen molar-refractivity contribution in [1.29, 1.82) is 0 Å². The van der Waals surface area contributed by atoms with Gasteiger partial charge in [0.2, 0.25) is 0 Å². The minimum atomic E-state index is -1.80. The maximum absolute atomic E-state index is 11.9. The molecule has 0 amide bonds. The molecule has 0 aliphatic rings. The van der Waals surface area contributed by atoms with Crippen molar-refractivity contribution in [2.24, 2.45) is 0 Å². The largest absolute Gasteiger partial charge is 0.459 e. The van der Waals surface area contributed by atoms with E-state index in [2.05, 4.69) is 0 Å². The molecular weight excluding hydrogens is 288 g/mol. The van der Waals surface area contributed by atoms with Gasteiger partial charge < -0.3 is 9.84 Å². The Balaban J connectivity index is 2.53. The van der Waals surface area contributed by atoms with Crippen LogP contribution in [0.5, 0.6) is 0 Å². The molecule has 5 heteroatoms. The maximum Gasteiger partial charge on any atom is 0.338 e. The first kappa shape index (κ1) is 17.7. The van der Waals surface area contributed by atoms with Crippen LogP contribution in [-0.4, -0.2) is 26.5 Å². The average molecular weight is 310 g/mol. The maximum atomic E-state index is 11.9. The molecule has 0 heterocycles. The molecule has 1 N–H and O–H groups in total. The van der Waals surface area contributed by atoms with Gasteiger partial charge in [-0.15, -0.1) is 0 Å². The van der Waals surface area contributed by atoms with Crippen molar-refractivity contribution >= 4 is 22.8 Å². The summed E-state index contributed by atoms with van der Waals surface area (Å²) in [5.74, 6) is -0.783. The molecule has 1 unspecified atom stereocenters. The van der Waals surface area contributed by atoms with Crippen LogP contribution < -0.4 is 0 Å². The Hall–Kier alpha value is -1.33. The highest BCUT2D eigenvalue weighted by Crippen LogP contribution is 2.28. The van der Waals surface area contributed by atoms with Crippen molar-refractivity contribution in [2.45, 2.75) is 51.1 Å². The molecule has 0 saturated heterocycles. The van der Waals surface area contributed by atoms with Gasteiger partial charge in [0, 0.05) is 4.75 Å². The zero-order valence-corrected chi connectivity index (χ0v) is 13.7. The Labute approximate surface area is 129 Å². The van der Waals surface area contributed by atoms with Crippen LogP contribution in [-0.2, 0) is 20.9 Å². The van der Waals surface area contributed by atoms with Crippen LogP contribution in [0.4, 0.5) is 0 Å². The van der Waals surface area contributed by atoms with Crippen LogP contribution in [0.15, 0.2) is 30.3 Å². The number of aliphatic hydroxyl groups is 1. The molecule has 4 nitrogen and oxygen atoms in total. The number of ether oxygens (including phenoxy) is 1. The Kier molecular flexibility index (Phi) is 5.98. The van der Waals surface area contributed by atoms with E-state index < -0.39 is 11.6 Å². The molecule has 21 heavy (non-hydrogen) atoms. The molecule has 1 aromatic carbocycles. The van der Waals surface area contributed by atoms with Gasteiger partial charge in [-0.2, -0.15) is 0 Å². The highest BCUT2D eigenvalue weighted by atomic mass is 32.2. The van der Waals surface area contributed by atoms with Crippen LogP contribution in [0.25, 0.3) is 0 Å². The van der Waals surface area contributed by atoms with Gasteiger partial charge in [0.25, 0.3) is 0 Å². The Bertz CT molecular complexity index is 489. The van der Waals surface area contributed by atoms with E-state index in [1.165, 1.54) is 6.92 Å². The summed E-state index contributed by atoms with van der Waals surface area (Å²) in [7, 11) is 0. The van der Waals surface area contributed by atoms with E-state index >= 15 is 0 Å². The first-order valence-corrected chi connectivity index (χ1v) is 7.57. The summed E-state index contributed by atoms with van der Waals surface area (Å²) in [6, 6.07) is 9.19. The molecule has 1 rings (SSSR count). The molecule has 1 aromatic rings. The van der Waals surface area contributed by atoms with E-state index in [1.807, 2.05) is 51.1 Å². The van der Waals surface area contributed by atoms with Crippen molar-refractivity contribution in [3.05, 3.63) is 35.9 Å². The number of carbonyl (C=O) groups excluding carboxylic acids is 2. The van der Waals surface area contributed by atoms with Crippen LogP contribution in [0, 0.1) is 0 Å². The number of thioether (sulfide) groups is 1. The third-order valence-electron chi connectivity index (χ3n) is 2.56. The highest BCUT2D eigenvalue weighted by Gasteiger charge is 2.36. The van der Waals surface area contributed by atoms with Gasteiger partial charge in [0.05, 0.1) is 6.42 Å². The first-order chi connectivity index (χ1) is 9.60. The fraction of sp³-hybridized carbons (Fsp3) is 0.500. The highest BCUT2D eigenvalue weighted by molar-refractivity contribution is 8.14. The summed E-state index contributed by atoms with van der Waals surface area (Å²) in [5, 5.41) is 9.89. The van der Waals surface area contributed by atoms with Crippen LogP contribution in [0.2, 0.25) is 0 Å². The van der Waals surface area contributed by atoms with Crippen molar-refractivity contribution < 1.29 is 19.4 Å². The minimum absolute atomic E-state index is 0.0798. The molecule has 116 valence electrons. The Morgan fingerprint density at radius 2 is 1.71 bits per heavy atom. The predicted molar refractivity (Wildman–Crippen MR) is 83.8 cm³/mol. The van der Waals surface area contributed by atoms with E-state index in [1.54, 1.807) is 0 Å². The Morgan fingerprint density at radius 1 is 1.14 bits per heavy atom. The van der Waals surface area contributed by atoms with Crippen LogP contribution >= 0.6 is 11.8 Å². The number of rotatable bonds is 5. The number of benzene rings is 1. The van der Waals surface area contributed by atoms with Crippen molar-refractivity contribution in [2.75, 3.05) is 0 Å². The molecule has 0 aromatic heterocycles. The average Bonchev–Trinajstić information content (AvgIpc) is 2.34. The number of carbonyl (C=O) groups is 2. The minimum Gasteiger partial charge on any atom is -0.459 e. The third kappa shape index (κ3) is 6.78. The first-order valence-electron chi connectivity index (χ1n) is 6.75. The molecule has 0 saturated carbocycles. The quantitative estimate of drug-likeness (QED) is 0.847. The fourth-order valence-electron chi connectivity index (χ4n) is 1.61. The lowest BCUT2D eigenvalue weighted by Gasteiger charge is -2.22. The fourth-order valence-corrected chi connectivity index (χ4v) is 2.65. The van der Waals surface area contributed by atoms with Crippen molar-refractivity contribution in [3.8, 4) is 0 Å². The molecule has 0 radical (unpaired) electrons. The Morgan fingerprint density at radius 3 is 2.24 bits per heavy atom. The normalized spacial score (nSPS) is 14.3. The second-order valence-electron chi connectivity index (χ2n) is 6.10. The summed E-state index contributed by atoms with van der Waals surface area (Å²) >= 11 is 1.11. The summed E-state index contributed by atoms with van der Waals surface area (Å²) in [6.07, 6.45) is -0.261. The third-order valence-corrected chi connectivity index (χ3v) is 3.55. The predicted octanol–water partition coefficient (Wildman–Crippen LogP) is 2.93. The summed E-state index contributed by atoms with van der Waals surface area (Å²) in [6.45, 7) is 7.09. The van der Waals surface area contributed by atoms with Crippen molar-refractivity contribution in [3.63, 3.8) is 0 Å². The van der Waals surface area contributed by atoms with Gasteiger partial charge >= 0.3 is 5.97 Å². The monoisotopic (exact) mass is 310 g/mol.